The summed E-state index contributed by atoms with van der Waals surface area (Å²) < 4.78 is 3.51. The Morgan fingerprint density at radius 3 is 1.88 bits per heavy atom. The van der Waals surface area contributed by atoms with Crippen molar-refractivity contribution in [1.82, 2.24) is 0 Å². The van der Waals surface area contributed by atoms with Crippen LogP contribution in [-0.2, 0) is 9.53 Å². The van der Waals surface area contributed by atoms with E-state index in [-0.39, 0.29) is 29.6 Å². The van der Waals surface area contributed by atoms with Crippen molar-refractivity contribution in [2.45, 2.75) is 24.4 Å². The quantitative estimate of drug-likeness (QED) is 0.165. The topological polar surface area (TPSA) is 165 Å². The molecule has 0 unspecified atom stereocenters. The Morgan fingerprint density at radius 2 is 1.53 bits per heavy atom. The summed E-state index contributed by atoms with van der Waals surface area (Å²) in [6.07, 6.45) is -10.3. The van der Waals surface area contributed by atoms with E-state index in [9.17, 15) is 9.59 Å². The molecule has 0 heterocycles. The molecule has 0 saturated heterocycles. The Hall–Kier alpha value is -0.260. The van der Waals surface area contributed by atoms with Gasteiger partial charge in [0.25, 0.3) is 0 Å². The second kappa shape index (κ2) is 8.78. The minimum absolute atomic E-state index is 0. The fourth-order valence-corrected chi connectivity index (χ4v) is 0.808. The third-order valence-corrected chi connectivity index (χ3v) is 1.68. The fraction of sp³-hybridized carbons (Fsp3) is 0.714. The molecule has 0 aliphatic heterocycles. The molecule has 0 aromatic rings. The number of carboxylic acid groups (broad SMARTS) is 1. The van der Waals surface area contributed by atoms with Gasteiger partial charge in [-0.3, -0.25) is 0 Å². The first-order valence-electron chi connectivity index (χ1n) is 4.09. The van der Waals surface area contributed by atoms with Crippen molar-refractivity contribution in [1.29, 1.82) is 0 Å². The molecule has 0 aromatic carbocycles. The van der Waals surface area contributed by atoms with E-state index < -0.39 is 43.1 Å². The maximum absolute atomic E-state index is 10.7. The van der Waals surface area contributed by atoms with Crippen molar-refractivity contribution in [2.24, 2.45) is 0 Å². The zero-order chi connectivity index (χ0) is 12.9. The van der Waals surface area contributed by atoms with Gasteiger partial charge in [0.2, 0.25) is 0 Å². The molecule has 0 aromatic heterocycles. The zero-order valence-electron chi connectivity index (χ0n) is 7.92. The van der Waals surface area contributed by atoms with Gasteiger partial charge in [-0.25, -0.2) is 9.59 Å². The number of rotatable bonds is 5. The van der Waals surface area contributed by atoms with Crippen LogP contribution in [0.3, 0.4) is 0 Å². The number of esters is 1. The third-order valence-electron chi connectivity index (χ3n) is 1.68. The summed E-state index contributed by atoms with van der Waals surface area (Å²) in [7, 11) is 0. The molecule has 0 aliphatic rings. The van der Waals surface area contributed by atoms with Crippen LogP contribution in [0, 0.1) is 0 Å². The molecular formula is C7H13NaO9. The van der Waals surface area contributed by atoms with E-state index in [1.807, 2.05) is 0 Å². The van der Waals surface area contributed by atoms with Crippen LogP contribution in [0.5, 0.6) is 0 Å². The summed E-state index contributed by atoms with van der Waals surface area (Å²) in [6, 6.07) is 0. The summed E-state index contributed by atoms with van der Waals surface area (Å²) in [5.74, 6) is -1.70. The number of ether oxygens (including phenoxy) is 1. The number of carbonyl (C=O) groups is 2. The summed E-state index contributed by atoms with van der Waals surface area (Å²) in [6.45, 7) is -0.918. The average molecular weight is 264 g/mol. The Labute approximate surface area is 118 Å². The maximum atomic E-state index is 10.7. The van der Waals surface area contributed by atoms with Crippen LogP contribution in [-0.4, -0.2) is 103 Å². The van der Waals surface area contributed by atoms with Gasteiger partial charge in [0.1, 0.15) is 18.3 Å². The molecule has 0 aliphatic carbocycles. The standard InChI is InChI=1S/C7H12O9.Na.H/c8-1-2(9)3(10)4(11)5(12)6(13)16-7(14)15;;/h2-5,8-12H,1H2,(H,14,15);;/t2-,3-,4+,5-;;/m1../s1. The minimum atomic E-state index is -2.35. The van der Waals surface area contributed by atoms with Crippen molar-refractivity contribution in [2.75, 3.05) is 6.61 Å². The van der Waals surface area contributed by atoms with Crippen molar-refractivity contribution < 1.29 is 45.0 Å². The molecule has 96 valence electrons. The second-order valence-corrected chi connectivity index (χ2v) is 2.86. The Morgan fingerprint density at radius 1 is 1.06 bits per heavy atom. The van der Waals surface area contributed by atoms with Crippen molar-refractivity contribution in [3.05, 3.63) is 0 Å². The van der Waals surface area contributed by atoms with Gasteiger partial charge in [-0.1, -0.05) is 0 Å². The van der Waals surface area contributed by atoms with Crippen LogP contribution in [0.15, 0.2) is 0 Å². The first-order valence-corrected chi connectivity index (χ1v) is 4.09. The number of aliphatic hydroxyl groups is 5. The Bertz CT molecular complexity index is 258. The zero-order valence-corrected chi connectivity index (χ0v) is 7.92. The summed E-state index contributed by atoms with van der Waals surface area (Å²) in [5.41, 5.74) is 0. The SMILES string of the molecule is O=C(O)OC(=O)[C@H](O)[C@@H](O)[C@H](O)[C@H](O)CO.[NaH]. The molecule has 0 bridgehead atoms. The number of carbonyl (C=O) groups excluding carboxylic acids is 1. The van der Waals surface area contributed by atoms with Crippen molar-refractivity contribution in [3.63, 3.8) is 0 Å². The van der Waals surface area contributed by atoms with Gasteiger partial charge in [-0.2, -0.15) is 0 Å². The number of hydrogen-bond acceptors (Lipinski definition) is 8. The summed E-state index contributed by atoms with van der Waals surface area (Å²) in [4.78, 5) is 20.7. The van der Waals surface area contributed by atoms with E-state index in [4.69, 9.17) is 30.6 Å². The van der Waals surface area contributed by atoms with E-state index in [1.54, 1.807) is 0 Å². The predicted octanol–water partition coefficient (Wildman–Crippen LogP) is -4.01. The first-order chi connectivity index (χ1) is 7.31. The van der Waals surface area contributed by atoms with Crippen LogP contribution in [0.1, 0.15) is 0 Å². The van der Waals surface area contributed by atoms with Crippen LogP contribution >= 0.6 is 0 Å². The average Bonchev–Trinajstić information content (AvgIpc) is 2.23. The number of aliphatic hydroxyl groups excluding tert-OH is 5. The molecular weight excluding hydrogens is 251 g/mol. The fourth-order valence-electron chi connectivity index (χ4n) is 0.808. The Balaban J connectivity index is 0. The van der Waals surface area contributed by atoms with Crippen LogP contribution in [0.2, 0.25) is 0 Å². The summed E-state index contributed by atoms with van der Waals surface area (Å²) >= 11 is 0. The molecule has 0 rings (SSSR count). The molecule has 4 atom stereocenters. The van der Waals surface area contributed by atoms with E-state index in [0.717, 1.165) is 0 Å². The van der Waals surface area contributed by atoms with Crippen molar-refractivity contribution >= 4 is 41.7 Å². The van der Waals surface area contributed by atoms with Gasteiger partial charge in [0.05, 0.1) is 6.61 Å². The van der Waals surface area contributed by atoms with Crippen LogP contribution < -0.4 is 0 Å². The van der Waals surface area contributed by atoms with Gasteiger partial charge < -0.3 is 35.4 Å². The molecule has 9 nitrogen and oxygen atoms in total. The van der Waals surface area contributed by atoms with Crippen molar-refractivity contribution in [3.8, 4) is 0 Å². The molecule has 6 N–H and O–H groups in total. The molecule has 0 spiro atoms. The first kappa shape index (κ1) is 19.1. The molecule has 0 saturated carbocycles. The molecule has 0 amide bonds. The Kier molecular flexibility index (Phi) is 9.85. The summed E-state index contributed by atoms with van der Waals surface area (Å²) in [5, 5.41) is 52.5. The van der Waals surface area contributed by atoms with Gasteiger partial charge in [0.15, 0.2) is 6.10 Å². The van der Waals surface area contributed by atoms with Gasteiger partial charge in [-0.15, -0.1) is 0 Å². The van der Waals surface area contributed by atoms with Crippen LogP contribution in [0.4, 0.5) is 4.79 Å². The van der Waals surface area contributed by atoms with Gasteiger partial charge in [-0.05, 0) is 0 Å². The van der Waals surface area contributed by atoms with E-state index in [0.29, 0.717) is 0 Å². The van der Waals surface area contributed by atoms with E-state index in [1.165, 1.54) is 0 Å². The third kappa shape index (κ3) is 6.29. The second-order valence-electron chi connectivity index (χ2n) is 2.86. The number of hydrogen-bond donors (Lipinski definition) is 6. The molecule has 17 heavy (non-hydrogen) atoms. The van der Waals surface area contributed by atoms with Gasteiger partial charge >= 0.3 is 41.7 Å². The molecule has 0 radical (unpaired) electrons. The van der Waals surface area contributed by atoms with Gasteiger partial charge in [0, 0.05) is 0 Å². The molecule has 10 heteroatoms. The van der Waals surface area contributed by atoms with E-state index in [2.05, 4.69) is 4.74 Å². The van der Waals surface area contributed by atoms with E-state index >= 15 is 0 Å². The normalized spacial score (nSPS) is 17.2. The predicted molar refractivity (Wildman–Crippen MR) is 52.4 cm³/mol. The van der Waals surface area contributed by atoms with Crippen LogP contribution in [0.25, 0.3) is 0 Å². The molecule has 0 fully saturated rings. The monoisotopic (exact) mass is 264 g/mol.